The average Bonchev–Trinajstić information content (AvgIpc) is 3.54. The van der Waals surface area contributed by atoms with E-state index in [-0.39, 0.29) is 0 Å². The molecule has 5 heteroatoms. The molecule has 0 saturated heterocycles. The van der Waals surface area contributed by atoms with E-state index in [1.165, 1.54) is 43.7 Å². The molecule has 0 bridgehead atoms. The van der Waals surface area contributed by atoms with Gasteiger partial charge in [0, 0.05) is 39.0 Å². The first kappa shape index (κ1) is 23.6. The number of hydrogen-bond donors (Lipinski definition) is 1. The van der Waals surface area contributed by atoms with Crippen molar-refractivity contribution in [3.63, 3.8) is 0 Å². The molecule has 8 aromatic rings. The normalized spacial score (nSPS) is 11.5. The Morgan fingerprint density at radius 2 is 0.951 bits per heavy atom. The van der Waals surface area contributed by atoms with E-state index in [1.807, 2.05) is 18.2 Å². The minimum Gasteiger partial charge on any atom is -0.537 e. The molecule has 41 heavy (non-hydrogen) atoms. The number of benzene rings is 6. The van der Waals surface area contributed by atoms with Gasteiger partial charge in [0.1, 0.15) is 5.75 Å². The standard InChI is InChI=1S/C36H24BN2O2/c40-37-41-28-12-8-11-27(23-28)39-34-16-7-5-14-30(34)32-22-25(18-20-36(32)39)24-17-19-35-31(21-24)29-13-4-6-15-33(29)38(35)26-9-2-1-3-10-26/h1-23,40H. The van der Waals surface area contributed by atoms with Crippen LogP contribution in [0.4, 0.5) is 0 Å². The lowest BCUT2D eigenvalue weighted by molar-refractivity contribution is 0.454. The molecule has 6 aromatic carbocycles. The highest BCUT2D eigenvalue weighted by Crippen LogP contribution is 2.38. The Morgan fingerprint density at radius 3 is 1.56 bits per heavy atom. The zero-order valence-corrected chi connectivity index (χ0v) is 22.1. The van der Waals surface area contributed by atoms with Crippen LogP contribution in [0.3, 0.4) is 0 Å². The number of nitrogens with zero attached hydrogens (tertiary/aromatic N) is 2. The zero-order chi connectivity index (χ0) is 27.3. The lowest BCUT2D eigenvalue weighted by atomic mass is 10.0. The molecule has 8 rings (SSSR count). The Kier molecular flexibility index (Phi) is 5.44. The first-order valence-electron chi connectivity index (χ1n) is 13.7. The molecule has 0 aliphatic heterocycles. The number of aromatic nitrogens is 2. The summed E-state index contributed by atoms with van der Waals surface area (Å²) >= 11 is 0. The number of hydrogen-bond acceptors (Lipinski definition) is 2. The summed E-state index contributed by atoms with van der Waals surface area (Å²) < 4.78 is 9.85. The molecule has 1 radical (unpaired) electrons. The van der Waals surface area contributed by atoms with Gasteiger partial charge in [-0.15, -0.1) is 0 Å². The first-order chi connectivity index (χ1) is 20.3. The van der Waals surface area contributed by atoms with Gasteiger partial charge in [0.05, 0.1) is 22.1 Å². The van der Waals surface area contributed by atoms with Gasteiger partial charge in [-0.05, 0) is 71.8 Å². The van der Waals surface area contributed by atoms with Crippen LogP contribution in [0.2, 0.25) is 0 Å². The molecule has 2 aromatic heterocycles. The smallest absolute Gasteiger partial charge is 0.537 e. The summed E-state index contributed by atoms with van der Waals surface area (Å²) in [5.41, 5.74) is 9.11. The van der Waals surface area contributed by atoms with Crippen molar-refractivity contribution < 1.29 is 9.68 Å². The van der Waals surface area contributed by atoms with E-state index in [1.54, 1.807) is 0 Å². The van der Waals surface area contributed by atoms with Crippen molar-refractivity contribution in [1.82, 2.24) is 9.13 Å². The lowest BCUT2D eigenvalue weighted by Crippen LogP contribution is -2.01. The zero-order valence-electron chi connectivity index (χ0n) is 22.1. The maximum Gasteiger partial charge on any atom is 0.569 e. The van der Waals surface area contributed by atoms with Gasteiger partial charge >= 0.3 is 7.69 Å². The maximum atomic E-state index is 9.15. The molecule has 4 nitrogen and oxygen atoms in total. The van der Waals surface area contributed by atoms with Gasteiger partial charge in [0.25, 0.3) is 0 Å². The van der Waals surface area contributed by atoms with E-state index in [0.717, 1.165) is 22.4 Å². The van der Waals surface area contributed by atoms with Crippen LogP contribution < -0.4 is 4.65 Å². The predicted molar refractivity (Wildman–Crippen MR) is 169 cm³/mol. The largest absolute Gasteiger partial charge is 0.569 e. The summed E-state index contributed by atoms with van der Waals surface area (Å²) in [6, 6.07) is 48.9. The van der Waals surface area contributed by atoms with Crippen molar-refractivity contribution in [3.8, 4) is 28.3 Å². The van der Waals surface area contributed by atoms with E-state index >= 15 is 0 Å². The Labute approximate surface area is 237 Å². The molecule has 193 valence electrons. The summed E-state index contributed by atoms with van der Waals surface area (Å²) in [5, 5.41) is 14.0. The van der Waals surface area contributed by atoms with Crippen LogP contribution in [0.5, 0.6) is 5.75 Å². The molecule has 0 saturated carbocycles. The highest BCUT2D eigenvalue weighted by molar-refractivity contribution is 6.17. The monoisotopic (exact) mass is 527 g/mol. The predicted octanol–water partition coefficient (Wildman–Crippen LogP) is 8.45. The molecule has 0 atom stereocenters. The fourth-order valence-corrected chi connectivity index (χ4v) is 6.20. The Balaban J connectivity index is 1.33. The second kappa shape index (κ2) is 9.44. The number of rotatable bonds is 5. The third-order valence-electron chi connectivity index (χ3n) is 7.96. The van der Waals surface area contributed by atoms with Crippen LogP contribution in [0.1, 0.15) is 0 Å². The van der Waals surface area contributed by atoms with Crippen LogP contribution in [-0.4, -0.2) is 21.8 Å². The van der Waals surface area contributed by atoms with Gasteiger partial charge in [-0.1, -0.05) is 72.8 Å². The van der Waals surface area contributed by atoms with Gasteiger partial charge in [0.2, 0.25) is 0 Å². The van der Waals surface area contributed by atoms with Crippen molar-refractivity contribution in [2.24, 2.45) is 0 Å². The van der Waals surface area contributed by atoms with Gasteiger partial charge in [-0.2, -0.15) is 0 Å². The molecule has 0 unspecified atom stereocenters. The summed E-state index contributed by atoms with van der Waals surface area (Å²) in [7, 11) is 0.714. The van der Waals surface area contributed by atoms with Crippen LogP contribution >= 0.6 is 0 Å². The van der Waals surface area contributed by atoms with Crippen LogP contribution in [0.25, 0.3) is 66.1 Å². The van der Waals surface area contributed by atoms with Crippen molar-refractivity contribution in [3.05, 3.63) is 140 Å². The molecular weight excluding hydrogens is 503 g/mol. The Morgan fingerprint density at radius 1 is 0.439 bits per heavy atom. The van der Waals surface area contributed by atoms with Crippen molar-refractivity contribution in [1.29, 1.82) is 0 Å². The summed E-state index contributed by atoms with van der Waals surface area (Å²) in [6.07, 6.45) is 0. The fraction of sp³-hybridized carbons (Fsp3) is 0. The van der Waals surface area contributed by atoms with Crippen LogP contribution in [0, 0.1) is 0 Å². The second-order valence-corrected chi connectivity index (χ2v) is 10.2. The molecule has 0 amide bonds. The molecule has 0 fully saturated rings. The summed E-state index contributed by atoms with van der Waals surface area (Å²) in [4.78, 5) is 0. The van der Waals surface area contributed by atoms with Crippen LogP contribution in [0.15, 0.2) is 140 Å². The molecule has 0 aliphatic rings. The molecule has 0 aliphatic carbocycles. The van der Waals surface area contributed by atoms with E-state index in [0.29, 0.717) is 13.4 Å². The maximum absolute atomic E-state index is 9.15. The van der Waals surface area contributed by atoms with E-state index in [4.69, 9.17) is 9.68 Å². The van der Waals surface area contributed by atoms with Gasteiger partial charge < -0.3 is 18.8 Å². The fourth-order valence-electron chi connectivity index (χ4n) is 6.20. The van der Waals surface area contributed by atoms with Gasteiger partial charge in [-0.25, -0.2) is 0 Å². The van der Waals surface area contributed by atoms with Crippen molar-refractivity contribution in [2.75, 3.05) is 0 Å². The quantitative estimate of drug-likeness (QED) is 0.228. The second-order valence-electron chi connectivity index (χ2n) is 10.2. The SMILES string of the molecule is O[B]Oc1cccc(-n2c3ccccc3c3cc(-c4ccc5c(c4)c4ccccc4n5-c4ccccc4)ccc32)c1. The van der Waals surface area contributed by atoms with Gasteiger partial charge in [-0.3, -0.25) is 0 Å². The van der Waals surface area contributed by atoms with Crippen molar-refractivity contribution in [2.45, 2.75) is 0 Å². The Hall–Kier alpha value is -5.26. The minimum atomic E-state index is 0.579. The summed E-state index contributed by atoms with van der Waals surface area (Å²) in [6.45, 7) is 0. The van der Waals surface area contributed by atoms with Gasteiger partial charge in [0.15, 0.2) is 0 Å². The summed E-state index contributed by atoms with van der Waals surface area (Å²) in [5.74, 6) is 0.579. The molecule has 0 spiro atoms. The molecule has 1 N–H and O–H groups in total. The van der Waals surface area contributed by atoms with Crippen LogP contribution in [-0.2, 0) is 0 Å². The third-order valence-corrected chi connectivity index (χ3v) is 7.96. The topological polar surface area (TPSA) is 39.3 Å². The average molecular weight is 527 g/mol. The van der Waals surface area contributed by atoms with Crippen molar-refractivity contribution >= 4 is 51.3 Å². The number of para-hydroxylation sites is 3. The van der Waals surface area contributed by atoms with E-state index < -0.39 is 0 Å². The third kappa shape index (κ3) is 3.74. The molecule has 2 heterocycles. The first-order valence-corrected chi connectivity index (χ1v) is 13.7. The Bertz CT molecular complexity index is 2230. The van der Waals surface area contributed by atoms with E-state index in [2.05, 4.69) is 130 Å². The van der Waals surface area contributed by atoms with E-state index in [9.17, 15) is 0 Å². The molecular formula is C36H24BN2O2. The lowest BCUT2D eigenvalue weighted by Gasteiger charge is -2.10. The minimum absolute atomic E-state index is 0.579. The highest BCUT2D eigenvalue weighted by Gasteiger charge is 2.16. The number of fused-ring (bicyclic) bond motifs is 6. The highest BCUT2D eigenvalue weighted by atomic mass is 16.5.